The Morgan fingerprint density at radius 1 is 1.37 bits per heavy atom. The van der Waals surface area contributed by atoms with Crippen molar-refractivity contribution in [3.8, 4) is 11.5 Å². The zero-order valence-electron chi connectivity index (χ0n) is 10.9. The van der Waals surface area contributed by atoms with Gasteiger partial charge in [0.1, 0.15) is 11.5 Å². The second kappa shape index (κ2) is 5.36. The van der Waals surface area contributed by atoms with Crippen LogP contribution in [0.5, 0.6) is 11.5 Å². The monoisotopic (exact) mass is 259 g/mol. The summed E-state index contributed by atoms with van der Waals surface area (Å²) in [6.07, 6.45) is 4.41. The molecule has 1 N–H and O–H groups in total. The molecule has 0 fully saturated rings. The van der Waals surface area contributed by atoms with Crippen molar-refractivity contribution in [3.05, 3.63) is 47.9 Å². The van der Waals surface area contributed by atoms with Crippen LogP contribution >= 0.6 is 0 Å². The summed E-state index contributed by atoms with van der Waals surface area (Å²) >= 11 is 0. The van der Waals surface area contributed by atoms with Crippen molar-refractivity contribution in [2.75, 3.05) is 13.7 Å². The maximum absolute atomic E-state index is 5.68. The predicted octanol–water partition coefficient (Wildman–Crippen LogP) is 2.90. The van der Waals surface area contributed by atoms with Crippen LogP contribution in [0, 0.1) is 0 Å². The van der Waals surface area contributed by atoms with E-state index >= 15 is 0 Å². The van der Waals surface area contributed by atoms with Crippen LogP contribution in [-0.2, 0) is 6.54 Å². The van der Waals surface area contributed by atoms with Crippen molar-refractivity contribution in [1.29, 1.82) is 0 Å². The Bertz CT molecular complexity index is 536. The summed E-state index contributed by atoms with van der Waals surface area (Å²) in [4.78, 5) is 0. The number of hydrogen-bond donors (Lipinski definition) is 1. The molecule has 0 spiro atoms. The summed E-state index contributed by atoms with van der Waals surface area (Å²) in [5, 5.41) is 3.54. The molecule has 1 aromatic heterocycles. The first-order valence-corrected chi connectivity index (χ1v) is 6.42. The average molecular weight is 259 g/mol. The summed E-state index contributed by atoms with van der Waals surface area (Å²) in [5.41, 5.74) is 2.31. The van der Waals surface area contributed by atoms with Crippen LogP contribution in [0.4, 0.5) is 0 Å². The Hall–Kier alpha value is -1.94. The van der Waals surface area contributed by atoms with Crippen molar-refractivity contribution in [1.82, 2.24) is 5.32 Å². The van der Waals surface area contributed by atoms with Gasteiger partial charge in [0.25, 0.3) is 0 Å². The van der Waals surface area contributed by atoms with E-state index in [0.717, 1.165) is 42.2 Å². The molecular formula is C15H17NO3. The lowest BCUT2D eigenvalue weighted by Crippen LogP contribution is -2.26. The minimum absolute atomic E-state index is 0.286. The number of furan rings is 1. The fourth-order valence-electron chi connectivity index (χ4n) is 2.35. The minimum Gasteiger partial charge on any atom is -0.497 e. The first-order chi connectivity index (χ1) is 9.36. The molecule has 0 amide bonds. The van der Waals surface area contributed by atoms with Gasteiger partial charge >= 0.3 is 0 Å². The number of rotatable bonds is 4. The Morgan fingerprint density at radius 3 is 3.11 bits per heavy atom. The van der Waals surface area contributed by atoms with Gasteiger partial charge in [0.15, 0.2) is 0 Å². The van der Waals surface area contributed by atoms with Gasteiger partial charge in [-0.1, -0.05) is 0 Å². The van der Waals surface area contributed by atoms with Crippen molar-refractivity contribution < 1.29 is 13.9 Å². The van der Waals surface area contributed by atoms with Crippen molar-refractivity contribution >= 4 is 0 Å². The molecule has 19 heavy (non-hydrogen) atoms. The standard InChI is InChI=1S/C15H17NO3/c1-17-12-2-3-15-13(8-12)14(5-7-19-15)16-9-11-4-6-18-10-11/h2-4,6,8,10,14,16H,5,7,9H2,1H3. The minimum atomic E-state index is 0.286. The van der Waals surface area contributed by atoms with Gasteiger partial charge in [-0.15, -0.1) is 0 Å². The van der Waals surface area contributed by atoms with Gasteiger partial charge in [0.05, 0.1) is 26.2 Å². The molecule has 0 bridgehead atoms. The molecule has 0 saturated heterocycles. The van der Waals surface area contributed by atoms with E-state index in [0.29, 0.717) is 0 Å². The van der Waals surface area contributed by atoms with Gasteiger partial charge in [0, 0.05) is 30.1 Å². The fourth-order valence-corrected chi connectivity index (χ4v) is 2.35. The van der Waals surface area contributed by atoms with Gasteiger partial charge in [-0.3, -0.25) is 0 Å². The van der Waals surface area contributed by atoms with Crippen LogP contribution in [0.25, 0.3) is 0 Å². The maximum atomic E-state index is 5.68. The number of ether oxygens (including phenoxy) is 2. The summed E-state index contributed by atoms with van der Waals surface area (Å²) in [5.74, 6) is 1.80. The van der Waals surface area contributed by atoms with Gasteiger partial charge in [0.2, 0.25) is 0 Å². The first-order valence-electron chi connectivity index (χ1n) is 6.42. The molecule has 3 rings (SSSR count). The molecule has 1 atom stereocenters. The highest BCUT2D eigenvalue weighted by Gasteiger charge is 2.21. The van der Waals surface area contributed by atoms with E-state index < -0.39 is 0 Å². The Kier molecular flexibility index (Phi) is 3.42. The molecule has 0 aliphatic carbocycles. The first kappa shape index (κ1) is 12.1. The van der Waals surface area contributed by atoms with Crippen LogP contribution in [0.3, 0.4) is 0 Å². The molecular weight excluding hydrogens is 242 g/mol. The zero-order chi connectivity index (χ0) is 13.1. The average Bonchev–Trinajstić information content (AvgIpc) is 2.97. The lowest BCUT2D eigenvalue weighted by Gasteiger charge is -2.27. The SMILES string of the molecule is COc1ccc2c(c1)C(NCc1ccoc1)CCO2. The van der Waals surface area contributed by atoms with Gasteiger partial charge in [-0.2, -0.15) is 0 Å². The molecule has 2 heterocycles. The maximum Gasteiger partial charge on any atom is 0.124 e. The Balaban J connectivity index is 1.77. The van der Waals surface area contributed by atoms with Crippen molar-refractivity contribution in [2.24, 2.45) is 0 Å². The number of benzene rings is 1. The third-order valence-corrected chi connectivity index (χ3v) is 3.39. The second-order valence-corrected chi connectivity index (χ2v) is 4.61. The molecule has 100 valence electrons. The van der Waals surface area contributed by atoms with E-state index in [9.17, 15) is 0 Å². The Labute approximate surface area is 112 Å². The largest absolute Gasteiger partial charge is 0.497 e. The molecule has 2 aromatic rings. The predicted molar refractivity (Wildman–Crippen MR) is 71.4 cm³/mol. The lowest BCUT2D eigenvalue weighted by molar-refractivity contribution is 0.251. The molecule has 0 radical (unpaired) electrons. The lowest BCUT2D eigenvalue weighted by atomic mass is 10.00. The highest BCUT2D eigenvalue weighted by molar-refractivity contribution is 5.43. The van der Waals surface area contributed by atoms with Crippen molar-refractivity contribution in [3.63, 3.8) is 0 Å². The molecule has 1 aromatic carbocycles. The van der Waals surface area contributed by atoms with Gasteiger partial charge < -0.3 is 19.2 Å². The van der Waals surface area contributed by atoms with Crippen LogP contribution in [0.2, 0.25) is 0 Å². The molecule has 4 heteroatoms. The zero-order valence-corrected chi connectivity index (χ0v) is 10.9. The van der Waals surface area contributed by atoms with Crippen molar-refractivity contribution in [2.45, 2.75) is 19.0 Å². The molecule has 0 saturated carbocycles. The quantitative estimate of drug-likeness (QED) is 0.917. The number of hydrogen-bond acceptors (Lipinski definition) is 4. The van der Waals surface area contributed by atoms with Crippen LogP contribution in [-0.4, -0.2) is 13.7 Å². The highest BCUT2D eigenvalue weighted by atomic mass is 16.5. The summed E-state index contributed by atoms with van der Waals surface area (Å²) in [7, 11) is 1.68. The van der Waals surface area contributed by atoms with E-state index in [2.05, 4.69) is 5.32 Å². The fraction of sp³-hybridized carbons (Fsp3) is 0.333. The highest BCUT2D eigenvalue weighted by Crippen LogP contribution is 2.34. The van der Waals surface area contributed by atoms with Crippen LogP contribution in [0.1, 0.15) is 23.6 Å². The van der Waals surface area contributed by atoms with E-state index in [1.165, 1.54) is 0 Å². The summed E-state index contributed by atoms with van der Waals surface area (Å²) in [6.45, 7) is 1.53. The number of fused-ring (bicyclic) bond motifs is 1. The molecule has 1 unspecified atom stereocenters. The molecule has 1 aliphatic heterocycles. The van der Waals surface area contributed by atoms with Crippen LogP contribution in [0.15, 0.2) is 41.2 Å². The van der Waals surface area contributed by atoms with Crippen LogP contribution < -0.4 is 14.8 Å². The second-order valence-electron chi connectivity index (χ2n) is 4.61. The third-order valence-electron chi connectivity index (χ3n) is 3.39. The van der Waals surface area contributed by atoms with E-state index in [4.69, 9.17) is 13.9 Å². The Morgan fingerprint density at radius 2 is 2.32 bits per heavy atom. The van der Waals surface area contributed by atoms with Gasteiger partial charge in [-0.05, 0) is 24.3 Å². The molecule has 4 nitrogen and oxygen atoms in total. The molecule has 1 aliphatic rings. The normalized spacial score (nSPS) is 17.6. The topological polar surface area (TPSA) is 43.6 Å². The third kappa shape index (κ3) is 2.58. The van der Waals surface area contributed by atoms with E-state index in [1.54, 1.807) is 19.6 Å². The van der Waals surface area contributed by atoms with E-state index in [1.807, 2.05) is 24.3 Å². The van der Waals surface area contributed by atoms with Gasteiger partial charge in [-0.25, -0.2) is 0 Å². The summed E-state index contributed by atoms with van der Waals surface area (Å²) < 4.78 is 16.0. The van der Waals surface area contributed by atoms with E-state index in [-0.39, 0.29) is 6.04 Å². The number of nitrogens with one attached hydrogen (secondary N) is 1. The smallest absolute Gasteiger partial charge is 0.124 e. The number of methoxy groups -OCH3 is 1. The summed E-state index contributed by atoms with van der Waals surface area (Å²) in [6, 6.07) is 8.20.